The molecule has 0 aliphatic heterocycles. The zero-order chi connectivity index (χ0) is 22.3. The van der Waals surface area contributed by atoms with Crippen LogP contribution in [0.3, 0.4) is 0 Å². The van der Waals surface area contributed by atoms with E-state index in [0.717, 1.165) is 38.5 Å². The normalized spacial score (nSPS) is 31.9. The van der Waals surface area contributed by atoms with Crippen LogP contribution in [-0.4, -0.2) is 22.3 Å². The van der Waals surface area contributed by atoms with Gasteiger partial charge in [-0.3, -0.25) is 0 Å². The van der Waals surface area contributed by atoms with Gasteiger partial charge in [0.2, 0.25) is 0 Å². The molecule has 174 valence electrons. The van der Waals surface area contributed by atoms with Gasteiger partial charge in [-0.25, -0.2) is 4.79 Å². The first-order valence-corrected chi connectivity index (χ1v) is 13.0. The predicted octanol–water partition coefficient (Wildman–Crippen LogP) is 7.20. The first kappa shape index (κ1) is 23.1. The van der Waals surface area contributed by atoms with Crippen molar-refractivity contribution >= 4 is 5.97 Å². The van der Waals surface area contributed by atoms with Gasteiger partial charge in [0.1, 0.15) is 0 Å². The van der Waals surface area contributed by atoms with Crippen LogP contribution in [0.4, 0.5) is 0 Å². The second-order valence-corrected chi connectivity index (χ2v) is 12.1. The standard InChI is InChI=1S/C28H44O3/c1-25(13-7-4-8-14-25)21-19-22(24(30)31)23(29)28(20-21,26(2)15-9-5-10-16-26)27(3)17-11-6-12-18-27/h19-20,23,29H,4-18H2,1-3H3,(H,30,31). The molecule has 3 fully saturated rings. The molecule has 0 spiro atoms. The molecule has 3 nitrogen and oxygen atoms in total. The van der Waals surface area contributed by atoms with Gasteiger partial charge >= 0.3 is 5.97 Å². The van der Waals surface area contributed by atoms with Crippen LogP contribution in [0.15, 0.2) is 23.3 Å². The van der Waals surface area contributed by atoms with E-state index in [1.54, 1.807) is 0 Å². The minimum absolute atomic E-state index is 0.0282. The number of aliphatic hydroxyl groups excluding tert-OH is 1. The highest BCUT2D eigenvalue weighted by molar-refractivity contribution is 5.89. The van der Waals surface area contributed by atoms with Gasteiger partial charge in [0, 0.05) is 5.41 Å². The fourth-order valence-electron chi connectivity index (χ4n) is 8.23. The smallest absolute Gasteiger partial charge is 0.334 e. The summed E-state index contributed by atoms with van der Waals surface area (Å²) in [5.74, 6) is -0.930. The Hall–Kier alpha value is -1.09. The lowest BCUT2D eigenvalue weighted by Crippen LogP contribution is -2.60. The fourth-order valence-corrected chi connectivity index (χ4v) is 8.23. The van der Waals surface area contributed by atoms with Crippen molar-refractivity contribution in [2.24, 2.45) is 21.7 Å². The van der Waals surface area contributed by atoms with Crippen molar-refractivity contribution in [2.75, 3.05) is 0 Å². The van der Waals surface area contributed by atoms with Crippen LogP contribution in [-0.2, 0) is 4.79 Å². The summed E-state index contributed by atoms with van der Waals surface area (Å²) in [6, 6.07) is 0. The zero-order valence-corrected chi connectivity index (χ0v) is 20.1. The van der Waals surface area contributed by atoms with Crippen molar-refractivity contribution < 1.29 is 15.0 Å². The number of carbonyl (C=O) groups is 1. The van der Waals surface area contributed by atoms with Gasteiger partial charge in [-0.15, -0.1) is 0 Å². The van der Waals surface area contributed by atoms with Crippen molar-refractivity contribution in [1.82, 2.24) is 0 Å². The van der Waals surface area contributed by atoms with Crippen LogP contribution in [0.2, 0.25) is 0 Å². The van der Waals surface area contributed by atoms with E-state index in [9.17, 15) is 15.0 Å². The number of aliphatic hydroxyl groups is 1. The van der Waals surface area contributed by atoms with Gasteiger partial charge in [0.05, 0.1) is 11.7 Å². The molecule has 0 aromatic carbocycles. The van der Waals surface area contributed by atoms with Gasteiger partial charge in [0.15, 0.2) is 0 Å². The SMILES string of the molecule is CC1(C2=CC(C3(C)CCCCC3)(C3(C)CCCCC3)C(O)C(C(=O)O)=C2)CCCCC1. The van der Waals surface area contributed by atoms with Crippen molar-refractivity contribution in [1.29, 1.82) is 0 Å². The molecule has 4 aliphatic carbocycles. The first-order chi connectivity index (χ1) is 14.7. The molecule has 1 unspecified atom stereocenters. The van der Waals surface area contributed by atoms with Gasteiger partial charge < -0.3 is 10.2 Å². The van der Waals surface area contributed by atoms with Gasteiger partial charge in [-0.05, 0) is 66.4 Å². The average Bonchev–Trinajstić information content (AvgIpc) is 2.75. The fraction of sp³-hybridized carbons (Fsp3) is 0.821. The Labute approximate surface area is 189 Å². The minimum atomic E-state index is -0.930. The minimum Gasteiger partial charge on any atom is -0.478 e. The molecule has 3 saturated carbocycles. The molecule has 0 aromatic heterocycles. The molecule has 4 aliphatic rings. The lowest BCUT2D eigenvalue weighted by Gasteiger charge is -2.63. The highest BCUT2D eigenvalue weighted by Crippen LogP contribution is 2.67. The molecule has 31 heavy (non-hydrogen) atoms. The molecule has 4 rings (SSSR count). The molecule has 0 aromatic rings. The maximum atomic E-state index is 12.5. The van der Waals surface area contributed by atoms with Crippen LogP contribution in [0, 0.1) is 21.7 Å². The monoisotopic (exact) mass is 428 g/mol. The number of aliphatic carboxylic acids is 1. The first-order valence-electron chi connectivity index (χ1n) is 13.0. The second-order valence-electron chi connectivity index (χ2n) is 12.1. The van der Waals surface area contributed by atoms with Crippen LogP contribution in [0.5, 0.6) is 0 Å². The van der Waals surface area contributed by atoms with Crippen LogP contribution >= 0.6 is 0 Å². The second kappa shape index (κ2) is 8.36. The number of allylic oxidation sites excluding steroid dienone is 2. The summed E-state index contributed by atoms with van der Waals surface area (Å²) in [5.41, 5.74) is 0.861. The Balaban J connectivity index is 1.94. The van der Waals surface area contributed by atoms with E-state index in [0.29, 0.717) is 0 Å². The van der Waals surface area contributed by atoms with E-state index in [4.69, 9.17) is 0 Å². The van der Waals surface area contributed by atoms with Gasteiger partial charge in [-0.2, -0.15) is 0 Å². The Morgan fingerprint density at radius 2 is 1.19 bits per heavy atom. The Kier molecular flexibility index (Phi) is 6.22. The third kappa shape index (κ3) is 3.63. The van der Waals surface area contributed by atoms with Crippen molar-refractivity contribution in [2.45, 2.75) is 123 Å². The summed E-state index contributed by atoms with van der Waals surface area (Å²) in [7, 11) is 0. The molecular weight excluding hydrogens is 384 g/mol. The summed E-state index contributed by atoms with van der Waals surface area (Å²) >= 11 is 0. The molecule has 2 N–H and O–H groups in total. The Bertz CT molecular complexity index is 716. The number of hydrogen-bond donors (Lipinski definition) is 2. The van der Waals surface area contributed by atoms with Crippen molar-refractivity contribution in [3.63, 3.8) is 0 Å². The Morgan fingerprint density at radius 1 is 0.774 bits per heavy atom. The summed E-state index contributed by atoms with van der Waals surface area (Å²) in [6.45, 7) is 7.12. The van der Waals surface area contributed by atoms with Crippen LogP contribution in [0.1, 0.15) is 117 Å². The summed E-state index contributed by atoms with van der Waals surface area (Å²) in [5, 5.41) is 22.2. The van der Waals surface area contributed by atoms with E-state index in [2.05, 4.69) is 26.8 Å². The summed E-state index contributed by atoms with van der Waals surface area (Å²) < 4.78 is 0. The summed E-state index contributed by atoms with van der Waals surface area (Å²) in [6.07, 6.45) is 21.0. The molecule has 0 bridgehead atoms. The third-order valence-corrected chi connectivity index (χ3v) is 10.2. The topological polar surface area (TPSA) is 57.5 Å². The lowest BCUT2D eigenvalue weighted by molar-refractivity contribution is -0.149. The molecule has 1 atom stereocenters. The van der Waals surface area contributed by atoms with E-state index >= 15 is 0 Å². The van der Waals surface area contributed by atoms with E-state index in [1.807, 2.05) is 6.08 Å². The Morgan fingerprint density at radius 3 is 1.61 bits per heavy atom. The van der Waals surface area contributed by atoms with Gasteiger partial charge in [0.25, 0.3) is 0 Å². The molecular formula is C28H44O3. The molecule has 0 radical (unpaired) electrons. The molecule has 3 heteroatoms. The number of carboxylic acids is 1. The average molecular weight is 429 g/mol. The van der Waals surface area contributed by atoms with Crippen molar-refractivity contribution in [3.8, 4) is 0 Å². The van der Waals surface area contributed by atoms with Crippen molar-refractivity contribution in [3.05, 3.63) is 23.3 Å². The lowest BCUT2D eigenvalue weighted by atomic mass is 9.41. The highest BCUT2D eigenvalue weighted by atomic mass is 16.4. The third-order valence-electron chi connectivity index (χ3n) is 10.2. The molecule has 0 amide bonds. The number of hydrogen-bond acceptors (Lipinski definition) is 2. The van der Waals surface area contributed by atoms with E-state index < -0.39 is 17.5 Å². The molecule has 0 saturated heterocycles. The van der Waals surface area contributed by atoms with Crippen LogP contribution < -0.4 is 0 Å². The summed E-state index contributed by atoms with van der Waals surface area (Å²) in [4.78, 5) is 12.5. The van der Waals surface area contributed by atoms with E-state index in [-0.39, 0.29) is 21.8 Å². The van der Waals surface area contributed by atoms with Gasteiger partial charge in [-0.1, -0.05) is 84.6 Å². The number of carboxylic acid groups (broad SMARTS) is 1. The molecule has 0 heterocycles. The quantitative estimate of drug-likeness (QED) is 0.498. The maximum Gasteiger partial charge on any atom is 0.334 e. The van der Waals surface area contributed by atoms with E-state index in [1.165, 1.54) is 63.4 Å². The number of rotatable bonds is 4. The largest absolute Gasteiger partial charge is 0.478 e. The van der Waals surface area contributed by atoms with Crippen LogP contribution in [0.25, 0.3) is 0 Å². The maximum absolute atomic E-state index is 12.5. The zero-order valence-electron chi connectivity index (χ0n) is 20.1. The predicted molar refractivity (Wildman–Crippen MR) is 126 cm³/mol. The highest BCUT2D eigenvalue weighted by Gasteiger charge is 2.63.